The van der Waals surface area contributed by atoms with Crippen molar-refractivity contribution in [3.8, 4) is 0 Å². The second-order valence-corrected chi connectivity index (χ2v) is 17.9. The second-order valence-electron chi connectivity index (χ2n) is 16.8. The molecule has 0 saturated carbocycles. The highest BCUT2D eigenvalue weighted by Crippen LogP contribution is 2.34. The number of aliphatic carboxylic acids is 1. The number of carboxylic acids is 1. The van der Waals surface area contributed by atoms with Gasteiger partial charge in [-0.05, 0) is 115 Å². The third-order valence-corrected chi connectivity index (χ3v) is 10.6. The molecule has 2 aromatic heterocycles. The van der Waals surface area contributed by atoms with Gasteiger partial charge in [0.1, 0.15) is 17.2 Å². The molecule has 1 aliphatic heterocycles. The fourth-order valence-electron chi connectivity index (χ4n) is 6.82. The number of carbonyl (C=O) groups is 6. The number of carbonyl (C=O) groups excluding carboxylic acids is 5. The molecule has 2 aromatic carbocycles. The molecule has 4 amide bonds. The maximum absolute atomic E-state index is 14.7. The van der Waals surface area contributed by atoms with E-state index in [2.05, 4.69) is 15.6 Å². The van der Waals surface area contributed by atoms with Crippen molar-refractivity contribution >= 4 is 70.7 Å². The Bertz CT molecular complexity index is 2300. The van der Waals surface area contributed by atoms with Crippen molar-refractivity contribution < 1.29 is 43.3 Å². The number of hydrogen-bond donors (Lipinski definition) is 3. The summed E-state index contributed by atoms with van der Waals surface area (Å²) in [5.41, 5.74) is 0.396. The summed E-state index contributed by atoms with van der Waals surface area (Å²) in [5.74, 6) is -2.36. The zero-order valence-corrected chi connectivity index (χ0v) is 37.0. The lowest BCUT2D eigenvalue weighted by Gasteiger charge is -2.31. The van der Waals surface area contributed by atoms with Crippen molar-refractivity contribution in [2.45, 2.75) is 107 Å². The van der Waals surface area contributed by atoms with Crippen molar-refractivity contribution in [2.24, 2.45) is 0 Å². The van der Waals surface area contributed by atoms with Crippen LogP contribution in [0.25, 0.3) is 23.1 Å². The SMILES string of the molecule is CNC(=O)c1ccccc1Sc1ccc2c(/C=C/c3ccccn3)nn(C(=O)N(CCC(=O)O)C[C@@H]3CCCN3C(=O)CC[C@H](NC(=O)OC(C)(C)C)C(=O)OC(C)(C)C)c2c1. The van der Waals surface area contributed by atoms with Crippen molar-refractivity contribution in [1.82, 2.24) is 35.2 Å². The number of nitrogens with zero attached hydrogens (tertiary/aromatic N) is 5. The van der Waals surface area contributed by atoms with Gasteiger partial charge in [-0.3, -0.25) is 19.4 Å². The summed E-state index contributed by atoms with van der Waals surface area (Å²) in [6, 6.07) is 15.9. The first kappa shape index (κ1) is 46.8. The first-order valence-electron chi connectivity index (χ1n) is 20.5. The lowest BCUT2D eigenvalue weighted by atomic mass is 10.1. The van der Waals surface area contributed by atoms with Gasteiger partial charge >= 0.3 is 24.1 Å². The molecule has 0 bridgehead atoms. The molecule has 62 heavy (non-hydrogen) atoms. The standard InChI is InChI=1S/C45H55N7O9S/c1-44(2,3)60-41(57)35(48-42(58)61-45(4,5)6)21-22-38(53)51-25-12-14-30(51)28-50(26-23-39(54)55)43(59)52-36-27-31(62-37-16-9-8-15-33(37)40(56)46-7)18-19-32(36)34(49-52)20-17-29-13-10-11-24-47-29/h8-11,13,15-20,24,27,30,35H,12,14,21-23,25-26,28H2,1-7H3,(H,46,56)(H,48,58)(H,54,55)/b20-17+/t30-,35-/m0/s1. The number of pyridine rings is 1. The minimum absolute atomic E-state index is 0.0118. The fourth-order valence-corrected chi connectivity index (χ4v) is 7.79. The summed E-state index contributed by atoms with van der Waals surface area (Å²) < 4.78 is 12.2. The molecule has 1 aliphatic rings. The van der Waals surface area contributed by atoms with E-state index in [1.54, 1.807) is 96.1 Å². The number of hydrogen-bond acceptors (Lipinski definition) is 11. The van der Waals surface area contributed by atoms with Gasteiger partial charge < -0.3 is 35.0 Å². The predicted octanol–water partition coefficient (Wildman–Crippen LogP) is 6.86. The van der Waals surface area contributed by atoms with Crippen LogP contribution in [0.3, 0.4) is 0 Å². The van der Waals surface area contributed by atoms with E-state index in [9.17, 15) is 33.9 Å². The predicted molar refractivity (Wildman–Crippen MR) is 234 cm³/mol. The molecule has 5 rings (SSSR count). The molecule has 2 atom stereocenters. The maximum atomic E-state index is 14.7. The first-order valence-corrected chi connectivity index (χ1v) is 21.3. The van der Waals surface area contributed by atoms with Gasteiger partial charge in [0, 0.05) is 60.5 Å². The number of rotatable bonds is 15. The highest BCUT2D eigenvalue weighted by molar-refractivity contribution is 7.99. The Hall–Kier alpha value is -6.23. The van der Waals surface area contributed by atoms with E-state index in [1.165, 1.54) is 21.3 Å². The summed E-state index contributed by atoms with van der Waals surface area (Å²) in [5, 5.41) is 20.4. The number of nitrogens with one attached hydrogen (secondary N) is 2. The molecular weight excluding hydrogens is 815 g/mol. The van der Waals surface area contributed by atoms with Gasteiger partial charge in [-0.2, -0.15) is 9.78 Å². The third kappa shape index (κ3) is 13.1. The van der Waals surface area contributed by atoms with Crippen LogP contribution in [0.2, 0.25) is 0 Å². The molecule has 0 unspecified atom stereocenters. The molecule has 3 heterocycles. The van der Waals surface area contributed by atoms with E-state index in [0.717, 1.165) is 4.90 Å². The van der Waals surface area contributed by atoms with Gasteiger partial charge in [0.25, 0.3) is 5.91 Å². The van der Waals surface area contributed by atoms with Crippen LogP contribution in [0.15, 0.2) is 76.7 Å². The zero-order chi connectivity index (χ0) is 45.2. The number of alkyl carbamates (subject to hydrolysis) is 1. The topological polar surface area (TPSA) is 202 Å². The summed E-state index contributed by atoms with van der Waals surface area (Å²) >= 11 is 1.35. The lowest BCUT2D eigenvalue weighted by molar-refractivity contribution is -0.157. The minimum Gasteiger partial charge on any atom is -0.481 e. The third-order valence-electron chi connectivity index (χ3n) is 9.57. The molecule has 0 spiro atoms. The molecular formula is C45H55N7O9S. The van der Waals surface area contributed by atoms with Crippen LogP contribution in [-0.4, -0.2) is 116 Å². The number of carboxylic acid groups (broad SMARTS) is 1. The normalized spacial score (nSPS) is 14.7. The highest BCUT2D eigenvalue weighted by atomic mass is 32.2. The Balaban J connectivity index is 1.43. The number of likely N-dealkylation sites (tertiary alicyclic amines) is 1. The Labute approximate surface area is 365 Å². The fraction of sp³-hybridized carbons (Fsp3) is 0.422. The van der Waals surface area contributed by atoms with E-state index < -0.39 is 47.3 Å². The number of aromatic nitrogens is 3. The van der Waals surface area contributed by atoms with Crippen molar-refractivity contribution in [2.75, 3.05) is 26.7 Å². The van der Waals surface area contributed by atoms with E-state index in [-0.39, 0.29) is 44.2 Å². The van der Waals surface area contributed by atoms with Crippen molar-refractivity contribution in [1.29, 1.82) is 0 Å². The van der Waals surface area contributed by atoms with Gasteiger partial charge in [-0.15, -0.1) is 0 Å². The molecule has 3 N–H and O–H groups in total. The van der Waals surface area contributed by atoms with Crippen LogP contribution in [0.5, 0.6) is 0 Å². The quantitative estimate of drug-likeness (QED) is 0.105. The molecule has 1 fully saturated rings. The zero-order valence-electron chi connectivity index (χ0n) is 36.2. The van der Waals surface area contributed by atoms with Crippen LogP contribution in [0.4, 0.5) is 9.59 Å². The average molecular weight is 870 g/mol. The Kier molecular flexibility index (Phi) is 15.5. The Morgan fingerprint density at radius 3 is 2.35 bits per heavy atom. The van der Waals surface area contributed by atoms with Crippen molar-refractivity contribution in [3.05, 3.63) is 83.8 Å². The summed E-state index contributed by atoms with van der Waals surface area (Å²) in [7, 11) is 1.56. The van der Waals surface area contributed by atoms with E-state index in [1.807, 2.05) is 36.4 Å². The van der Waals surface area contributed by atoms with Crippen molar-refractivity contribution in [3.63, 3.8) is 0 Å². The van der Waals surface area contributed by atoms with E-state index >= 15 is 0 Å². The van der Waals surface area contributed by atoms with E-state index in [0.29, 0.717) is 52.1 Å². The van der Waals surface area contributed by atoms with E-state index in [4.69, 9.17) is 14.6 Å². The minimum atomic E-state index is -1.17. The maximum Gasteiger partial charge on any atom is 0.408 e. The number of fused-ring (bicyclic) bond motifs is 1. The van der Waals surface area contributed by atoms with Gasteiger partial charge in [0.15, 0.2) is 0 Å². The molecule has 1 saturated heterocycles. The summed E-state index contributed by atoms with van der Waals surface area (Å²) in [4.78, 5) is 87.9. The molecule has 4 aromatic rings. The van der Waals surface area contributed by atoms with Crippen LogP contribution >= 0.6 is 11.8 Å². The molecule has 330 valence electrons. The molecule has 0 aliphatic carbocycles. The van der Waals surface area contributed by atoms with Gasteiger partial charge in [-0.1, -0.05) is 30.0 Å². The number of esters is 1. The number of ether oxygens (including phenoxy) is 2. The van der Waals surface area contributed by atoms with Gasteiger partial charge in [-0.25, -0.2) is 14.4 Å². The van der Waals surface area contributed by atoms with Gasteiger partial charge in [0.2, 0.25) is 5.91 Å². The highest BCUT2D eigenvalue weighted by Gasteiger charge is 2.35. The van der Waals surface area contributed by atoms with Crippen LogP contribution in [-0.2, 0) is 23.9 Å². The second kappa shape index (κ2) is 20.6. The number of amides is 4. The summed E-state index contributed by atoms with van der Waals surface area (Å²) in [6.07, 6.45) is 4.99. The van der Waals surface area contributed by atoms with Gasteiger partial charge in [0.05, 0.1) is 28.9 Å². The number of benzene rings is 2. The molecule has 0 radical (unpaired) electrons. The summed E-state index contributed by atoms with van der Waals surface area (Å²) in [6.45, 7) is 10.4. The lowest BCUT2D eigenvalue weighted by Crippen LogP contribution is -2.48. The van der Waals surface area contributed by atoms with Crippen LogP contribution in [0.1, 0.15) is 95.4 Å². The largest absolute Gasteiger partial charge is 0.481 e. The molecule has 17 heteroatoms. The smallest absolute Gasteiger partial charge is 0.408 e. The Morgan fingerprint density at radius 2 is 1.68 bits per heavy atom. The molecule has 16 nitrogen and oxygen atoms in total. The monoisotopic (exact) mass is 869 g/mol. The van der Waals surface area contributed by atoms with Crippen LogP contribution in [0, 0.1) is 0 Å². The van der Waals surface area contributed by atoms with Crippen LogP contribution < -0.4 is 10.6 Å². The Morgan fingerprint density at radius 1 is 0.952 bits per heavy atom. The average Bonchev–Trinajstić information content (AvgIpc) is 3.83. The first-order chi connectivity index (χ1) is 29.3.